The van der Waals surface area contributed by atoms with Crippen LogP contribution in [-0.4, -0.2) is 30.4 Å². The fourth-order valence-electron chi connectivity index (χ4n) is 2.34. The first-order valence-electron chi connectivity index (χ1n) is 8.47. The summed E-state index contributed by atoms with van der Waals surface area (Å²) >= 11 is 0. The quantitative estimate of drug-likeness (QED) is 0.287. The molecule has 0 radical (unpaired) electrons. The summed E-state index contributed by atoms with van der Waals surface area (Å²) in [5, 5.41) is 7.06. The van der Waals surface area contributed by atoms with Crippen molar-refractivity contribution in [3.05, 3.63) is 0 Å². The number of rotatable bonds is 12. The lowest BCUT2D eigenvalue weighted by molar-refractivity contribution is 0.460. The van der Waals surface area contributed by atoms with Gasteiger partial charge < -0.3 is 16.4 Å². The first-order chi connectivity index (χ1) is 10.1. The third-order valence-electron chi connectivity index (χ3n) is 3.72. The van der Waals surface area contributed by atoms with E-state index in [9.17, 15) is 0 Å². The lowest BCUT2D eigenvalue weighted by Gasteiger charge is -2.17. The van der Waals surface area contributed by atoms with Crippen LogP contribution in [0.1, 0.15) is 77.6 Å². The van der Waals surface area contributed by atoms with E-state index in [1.807, 2.05) is 11.9 Å². The van der Waals surface area contributed by atoms with E-state index in [1.165, 1.54) is 64.2 Å². The summed E-state index contributed by atoms with van der Waals surface area (Å²) in [4.78, 5) is 5.59. The van der Waals surface area contributed by atoms with Crippen LogP contribution in [0, 0.1) is 5.41 Å². The molecule has 0 spiro atoms. The Bertz CT molecular complexity index is 294. The van der Waals surface area contributed by atoms with E-state index in [4.69, 9.17) is 16.9 Å². The average Bonchev–Trinajstić information content (AvgIpc) is 2.43. The van der Waals surface area contributed by atoms with E-state index in [2.05, 4.69) is 11.9 Å². The number of hydrogen-bond donors (Lipinski definition) is 3. The molecule has 0 aliphatic heterocycles. The van der Waals surface area contributed by atoms with Gasteiger partial charge in [0.25, 0.3) is 0 Å². The van der Waals surface area contributed by atoms with E-state index in [0.717, 1.165) is 13.0 Å². The number of hydrogen-bond acceptors (Lipinski definition) is 1. The second kappa shape index (κ2) is 16.4. The van der Waals surface area contributed by atoms with Crippen LogP contribution in [0.25, 0.3) is 0 Å². The summed E-state index contributed by atoms with van der Waals surface area (Å²) < 4.78 is 0. The van der Waals surface area contributed by atoms with Crippen molar-refractivity contribution < 1.29 is 0 Å². The Morgan fingerprint density at radius 1 is 0.864 bits per heavy atom. The molecular weight excluding hydrogens is 298 g/mol. The Morgan fingerprint density at radius 2 is 1.27 bits per heavy atom. The van der Waals surface area contributed by atoms with Crippen LogP contribution in [-0.2, 0) is 0 Å². The number of halogens is 1. The number of aliphatic imine (C=N–C) groups is 1. The molecule has 5 nitrogen and oxygen atoms in total. The Kier molecular flexibility index (Phi) is 17.4. The van der Waals surface area contributed by atoms with Crippen LogP contribution in [0.15, 0.2) is 4.99 Å². The van der Waals surface area contributed by atoms with Crippen LogP contribution >= 0.6 is 12.4 Å². The summed E-state index contributed by atoms with van der Waals surface area (Å²) in [6, 6.07) is 0. The molecule has 0 aliphatic rings. The topological polar surface area (TPSA) is 91.5 Å². The number of unbranched alkanes of at least 4 members (excludes halogenated alkanes) is 10. The zero-order chi connectivity index (χ0) is 15.9. The van der Waals surface area contributed by atoms with Crippen molar-refractivity contribution in [1.82, 2.24) is 4.90 Å². The van der Waals surface area contributed by atoms with Gasteiger partial charge in [-0.15, -0.1) is 12.4 Å². The second-order valence-corrected chi connectivity index (χ2v) is 5.81. The van der Waals surface area contributed by atoms with Gasteiger partial charge in [-0.05, 0) is 6.42 Å². The van der Waals surface area contributed by atoms with Crippen LogP contribution in [0.5, 0.6) is 0 Å². The fraction of sp³-hybridized carbons (Fsp3) is 0.875. The molecule has 0 aliphatic carbocycles. The smallest absolute Gasteiger partial charge is 0.215 e. The predicted molar refractivity (Wildman–Crippen MR) is 99.9 cm³/mol. The van der Waals surface area contributed by atoms with E-state index < -0.39 is 0 Å². The van der Waals surface area contributed by atoms with Gasteiger partial charge in [-0.1, -0.05) is 71.1 Å². The van der Waals surface area contributed by atoms with Crippen molar-refractivity contribution in [3.63, 3.8) is 0 Å². The molecule has 0 fully saturated rings. The minimum absolute atomic E-state index is 0. The molecule has 0 saturated carbocycles. The third-order valence-corrected chi connectivity index (χ3v) is 3.72. The summed E-state index contributed by atoms with van der Waals surface area (Å²) in [5.74, 6) is 0.0906. The summed E-state index contributed by atoms with van der Waals surface area (Å²) in [7, 11) is 1.89. The minimum Gasteiger partial charge on any atom is -0.369 e. The van der Waals surface area contributed by atoms with E-state index in [1.54, 1.807) is 0 Å². The first-order valence-corrected chi connectivity index (χ1v) is 8.47. The summed E-state index contributed by atoms with van der Waals surface area (Å²) in [6.45, 7) is 3.14. The van der Waals surface area contributed by atoms with Crippen LogP contribution in [0.4, 0.5) is 0 Å². The van der Waals surface area contributed by atoms with Crippen LogP contribution in [0.3, 0.4) is 0 Å². The van der Waals surface area contributed by atoms with Gasteiger partial charge in [0, 0.05) is 13.6 Å². The molecule has 0 aromatic carbocycles. The van der Waals surface area contributed by atoms with Gasteiger partial charge in [-0.2, -0.15) is 4.99 Å². The van der Waals surface area contributed by atoms with Gasteiger partial charge in [0.2, 0.25) is 5.96 Å². The Hall–Kier alpha value is -0.970. The monoisotopic (exact) mass is 333 g/mol. The number of guanidine groups is 2. The highest BCUT2D eigenvalue weighted by Crippen LogP contribution is 2.11. The Labute approximate surface area is 142 Å². The maximum atomic E-state index is 7.06. The molecule has 0 bridgehead atoms. The van der Waals surface area contributed by atoms with E-state index in [-0.39, 0.29) is 18.4 Å². The molecule has 6 heteroatoms. The molecule has 0 amide bonds. The van der Waals surface area contributed by atoms with Crippen molar-refractivity contribution in [2.45, 2.75) is 77.6 Å². The van der Waals surface area contributed by atoms with E-state index in [0.29, 0.717) is 5.96 Å². The Morgan fingerprint density at radius 3 is 1.68 bits per heavy atom. The third kappa shape index (κ3) is 15.4. The highest BCUT2D eigenvalue weighted by Gasteiger charge is 2.01. The van der Waals surface area contributed by atoms with Crippen molar-refractivity contribution in [1.29, 1.82) is 5.41 Å². The predicted octanol–water partition coefficient (Wildman–Crippen LogP) is 3.86. The van der Waals surface area contributed by atoms with Gasteiger partial charge in [-0.3, -0.25) is 5.41 Å². The molecule has 0 aromatic rings. The van der Waals surface area contributed by atoms with Gasteiger partial charge >= 0.3 is 0 Å². The molecule has 132 valence electrons. The van der Waals surface area contributed by atoms with Gasteiger partial charge in [0.1, 0.15) is 0 Å². The summed E-state index contributed by atoms with van der Waals surface area (Å²) in [6.07, 6.45) is 14.7. The van der Waals surface area contributed by atoms with Crippen molar-refractivity contribution in [2.24, 2.45) is 16.5 Å². The zero-order valence-corrected chi connectivity index (χ0v) is 15.3. The standard InChI is InChI=1S/C16H35N5.ClH/c1-3-4-5-6-7-8-9-10-11-12-13-14-21(2)16(19)20-15(17)18;/h3-14H2,1-2H3,(H5,17,18,19,20);1H. The number of nitrogens with zero attached hydrogens (tertiary/aromatic N) is 2. The summed E-state index contributed by atoms with van der Waals surface area (Å²) in [5.41, 5.74) is 10.9. The second-order valence-electron chi connectivity index (χ2n) is 5.81. The number of nitrogens with one attached hydrogen (secondary N) is 1. The normalized spacial score (nSPS) is 11.1. The Balaban J connectivity index is 0. The number of nitrogens with two attached hydrogens (primary N) is 2. The van der Waals surface area contributed by atoms with Gasteiger partial charge in [0.05, 0.1) is 0 Å². The zero-order valence-electron chi connectivity index (χ0n) is 14.4. The SMILES string of the molecule is CCCCCCCCCCCCCN(C)/C(N)=N/C(=N)N.Cl. The largest absolute Gasteiger partial charge is 0.369 e. The molecule has 0 rings (SSSR count). The molecule has 22 heavy (non-hydrogen) atoms. The maximum absolute atomic E-state index is 7.06. The molecule has 0 heterocycles. The minimum atomic E-state index is -0.238. The molecule has 0 aromatic heterocycles. The van der Waals surface area contributed by atoms with Gasteiger partial charge in [-0.25, -0.2) is 0 Å². The molecule has 0 saturated heterocycles. The van der Waals surface area contributed by atoms with Crippen LogP contribution < -0.4 is 11.5 Å². The molecular formula is C16H36ClN5. The van der Waals surface area contributed by atoms with Crippen molar-refractivity contribution in [3.8, 4) is 0 Å². The lowest BCUT2D eigenvalue weighted by Crippen LogP contribution is -2.36. The highest BCUT2D eigenvalue weighted by molar-refractivity contribution is 5.91. The maximum Gasteiger partial charge on any atom is 0.215 e. The van der Waals surface area contributed by atoms with E-state index >= 15 is 0 Å². The average molecular weight is 334 g/mol. The van der Waals surface area contributed by atoms with Gasteiger partial charge in [0.15, 0.2) is 5.96 Å². The molecule has 5 N–H and O–H groups in total. The van der Waals surface area contributed by atoms with Crippen molar-refractivity contribution >= 4 is 24.3 Å². The first kappa shape index (κ1) is 23.3. The van der Waals surface area contributed by atoms with Crippen molar-refractivity contribution in [2.75, 3.05) is 13.6 Å². The fourth-order valence-corrected chi connectivity index (χ4v) is 2.34. The molecule has 0 unspecified atom stereocenters. The highest BCUT2D eigenvalue weighted by atomic mass is 35.5. The van der Waals surface area contributed by atoms with Crippen LogP contribution in [0.2, 0.25) is 0 Å². The lowest BCUT2D eigenvalue weighted by atomic mass is 10.1. The molecule has 0 atom stereocenters.